The number of rotatable bonds is 4. The molecule has 0 radical (unpaired) electrons. The van der Waals surface area contributed by atoms with E-state index in [0.717, 1.165) is 18.8 Å². The SMILES string of the molecule is CCC(C)(C)NCc1ncc[nH]1. The topological polar surface area (TPSA) is 40.7 Å². The molecule has 3 nitrogen and oxygen atoms in total. The molecule has 0 saturated heterocycles. The van der Waals surface area contributed by atoms with Crippen LogP contribution in [0.4, 0.5) is 0 Å². The van der Waals surface area contributed by atoms with E-state index in [9.17, 15) is 0 Å². The number of aromatic amines is 1. The van der Waals surface area contributed by atoms with Crippen molar-refractivity contribution in [3.63, 3.8) is 0 Å². The van der Waals surface area contributed by atoms with Gasteiger partial charge in [-0.05, 0) is 20.3 Å². The second-order valence-corrected chi connectivity index (χ2v) is 3.63. The van der Waals surface area contributed by atoms with E-state index in [0.29, 0.717) is 0 Å². The number of imidazole rings is 1. The molecule has 2 N–H and O–H groups in total. The summed E-state index contributed by atoms with van der Waals surface area (Å²) in [6, 6.07) is 0. The van der Waals surface area contributed by atoms with Crippen LogP contribution in [-0.2, 0) is 6.54 Å². The average Bonchev–Trinajstić information content (AvgIpc) is 2.53. The first-order chi connectivity index (χ1) is 5.64. The third-order valence-corrected chi connectivity index (χ3v) is 2.17. The highest BCUT2D eigenvalue weighted by atomic mass is 15.0. The van der Waals surface area contributed by atoms with Gasteiger partial charge in [0, 0.05) is 17.9 Å². The molecule has 1 heterocycles. The summed E-state index contributed by atoms with van der Waals surface area (Å²) in [5.41, 5.74) is 0.201. The van der Waals surface area contributed by atoms with Gasteiger partial charge in [0.05, 0.1) is 6.54 Å². The van der Waals surface area contributed by atoms with Crippen molar-refractivity contribution in [2.24, 2.45) is 0 Å². The molecule has 3 heteroatoms. The Hall–Kier alpha value is -0.830. The molecule has 68 valence electrons. The minimum atomic E-state index is 0.201. The molecule has 0 aliphatic rings. The number of hydrogen-bond donors (Lipinski definition) is 2. The molecule has 0 fully saturated rings. The molecule has 0 spiro atoms. The monoisotopic (exact) mass is 167 g/mol. The quantitative estimate of drug-likeness (QED) is 0.716. The lowest BCUT2D eigenvalue weighted by Gasteiger charge is -2.23. The van der Waals surface area contributed by atoms with Crippen molar-refractivity contribution in [2.45, 2.75) is 39.3 Å². The van der Waals surface area contributed by atoms with Gasteiger partial charge in [-0.1, -0.05) is 6.92 Å². The zero-order valence-electron chi connectivity index (χ0n) is 8.02. The van der Waals surface area contributed by atoms with Crippen molar-refractivity contribution in [3.8, 4) is 0 Å². The third kappa shape index (κ3) is 2.66. The predicted octanol–water partition coefficient (Wildman–Crippen LogP) is 1.69. The summed E-state index contributed by atoms with van der Waals surface area (Å²) in [6.07, 6.45) is 4.74. The van der Waals surface area contributed by atoms with E-state index in [1.807, 2.05) is 6.20 Å². The van der Waals surface area contributed by atoms with Crippen LogP contribution in [0.15, 0.2) is 12.4 Å². The highest BCUT2D eigenvalue weighted by molar-refractivity contribution is 4.88. The van der Waals surface area contributed by atoms with Crippen LogP contribution in [0.2, 0.25) is 0 Å². The molecule has 1 aromatic rings. The van der Waals surface area contributed by atoms with Gasteiger partial charge in [0.25, 0.3) is 0 Å². The Morgan fingerprint density at radius 3 is 2.83 bits per heavy atom. The molecule has 12 heavy (non-hydrogen) atoms. The van der Waals surface area contributed by atoms with E-state index in [1.165, 1.54) is 0 Å². The van der Waals surface area contributed by atoms with Gasteiger partial charge in [-0.25, -0.2) is 4.98 Å². The summed E-state index contributed by atoms with van der Waals surface area (Å²) in [4.78, 5) is 7.20. The average molecular weight is 167 g/mol. The van der Waals surface area contributed by atoms with Gasteiger partial charge in [0.2, 0.25) is 0 Å². The zero-order valence-corrected chi connectivity index (χ0v) is 8.02. The van der Waals surface area contributed by atoms with E-state index in [1.54, 1.807) is 6.20 Å². The van der Waals surface area contributed by atoms with E-state index < -0.39 is 0 Å². The van der Waals surface area contributed by atoms with Crippen LogP contribution in [0.1, 0.15) is 33.0 Å². The van der Waals surface area contributed by atoms with Gasteiger partial charge in [-0.2, -0.15) is 0 Å². The standard InChI is InChI=1S/C9H17N3/c1-4-9(2,3)12-7-8-10-5-6-11-8/h5-6,12H,4,7H2,1-3H3,(H,10,11). The number of nitrogens with zero attached hydrogens (tertiary/aromatic N) is 1. The Morgan fingerprint density at radius 2 is 2.33 bits per heavy atom. The molecule has 0 bridgehead atoms. The maximum Gasteiger partial charge on any atom is 0.120 e. The molecule has 0 saturated carbocycles. The van der Waals surface area contributed by atoms with Crippen LogP contribution in [-0.4, -0.2) is 15.5 Å². The highest BCUT2D eigenvalue weighted by Gasteiger charge is 2.13. The first kappa shape index (κ1) is 9.26. The van der Waals surface area contributed by atoms with E-state index in [4.69, 9.17) is 0 Å². The summed E-state index contributed by atoms with van der Waals surface area (Å²) in [5.74, 6) is 0.997. The zero-order chi connectivity index (χ0) is 9.03. The molecule has 0 aliphatic heterocycles. The van der Waals surface area contributed by atoms with Crippen LogP contribution in [0.25, 0.3) is 0 Å². The molecule has 0 unspecified atom stereocenters. The number of nitrogens with one attached hydrogen (secondary N) is 2. The van der Waals surface area contributed by atoms with Gasteiger partial charge in [0.1, 0.15) is 5.82 Å². The Balaban J connectivity index is 2.36. The lowest BCUT2D eigenvalue weighted by molar-refractivity contribution is 0.370. The first-order valence-electron chi connectivity index (χ1n) is 4.37. The lowest BCUT2D eigenvalue weighted by Crippen LogP contribution is -2.38. The van der Waals surface area contributed by atoms with Crippen molar-refractivity contribution in [1.82, 2.24) is 15.3 Å². The Bertz CT molecular complexity index is 214. The molecule has 1 aromatic heterocycles. The largest absolute Gasteiger partial charge is 0.348 e. The van der Waals surface area contributed by atoms with Crippen molar-refractivity contribution in [3.05, 3.63) is 18.2 Å². The molecule has 1 rings (SSSR count). The number of hydrogen-bond acceptors (Lipinski definition) is 2. The van der Waals surface area contributed by atoms with Gasteiger partial charge in [-0.15, -0.1) is 0 Å². The Morgan fingerprint density at radius 1 is 1.58 bits per heavy atom. The maximum atomic E-state index is 4.14. The minimum Gasteiger partial charge on any atom is -0.348 e. The summed E-state index contributed by atoms with van der Waals surface area (Å²) in [7, 11) is 0. The maximum absolute atomic E-state index is 4.14. The molecule has 0 aliphatic carbocycles. The molecule has 0 aromatic carbocycles. The summed E-state index contributed by atoms with van der Waals surface area (Å²) >= 11 is 0. The second kappa shape index (κ2) is 3.72. The van der Waals surface area contributed by atoms with Gasteiger partial charge in [0.15, 0.2) is 0 Å². The van der Waals surface area contributed by atoms with Crippen molar-refractivity contribution in [1.29, 1.82) is 0 Å². The fourth-order valence-electron chi connectivity index (χ4n) is 0.843. The predicted molar refractivity (Wildman–Crippen MR) is 49.8 cm³/mol. The second-order valence-electron chi connectivity index (χ2n) is 3.63. The van der Waals surface area contributed by atoms with Crippen molar-refractivity contribution < 1.29 is 0 Å². The van der Waals surface area contributed by atoms with Crippen LogP contribution >= 0.6 is 0 Å². The fourth-order valence-corrected chi connectivity index (χ4v) is 0.843. The van der Waals surface area contributed by atoms with Crippen molar-refractivity contribution in [2.75, 3.05) is 0 Å². The van der Waals surface area contributed by atoms with Crippen LogP contribution < -0.4 is 5.32 Å². The van der Waals surface area contributed by atoms with E-state index >= 15 is 0 Å². The molecule has 0 amide bonds. The minimum absolute atomic E-state index is 0.201. The van der Waals surface area contributed by atoms with Crippen LogP contribution in [0.3, 0.4) is 0 Å². The Labute approximate surface area is 73.6 Å². The van der Waals surface area contributed by atoms with Crippen LogP contribution in [0, 0.1) is 0 Å². The third-order valence-electron chi connectivity index (χ3n) is 2.17. The Kier molecular flexibility index (Phi) is 2.87. The van der Waals surface area contributed by atoms with Gasteiger partial charge >= 0.3 is 0 Å². The van der Waals surface area contributed by atoms with Crippen LogP contribution in [0.5, 0.6) is 0 Å². The van der Waals surface area contributed by atoms with E-state index in [2.05, 4.69) is 36.1 Å². The number of H-pyrrole nitrogens is 1. The molecule has 0 atom stereocenters. The smallest absolute Gasteiger partial charge is 0.120 e. The molecular weight excluding hydrogens is 150 g/mol. The van der Waals surface area contributed by atoms with Gasteiger partial charge < -0.3 is 10.3 Å². The first-order valence-corrected chi connectivity index (χ1v) is 4.37. The normalized spacial score (nSPS) is 11.9. The highest BCUT2D eigenvalue weighted by Crippen LogP contribution is 2.07. The van der Waals surface area contributed by atoms with Crippen molar-refractivity contribution >= 4 is 0 Å². The number of aromatic nitrogens is 2. The molecular formula is C9H17N3. The van der Waals surface area contributed by atoms with Gasteiger partial charge in [-0.3, -0.25) is 0 Å². The fraction of sp³-hybridized carbons (Fsp3) is 0.667. The summed E-state index contributed by atoms with van der Waals surface area (Å²) in [5, 5.41) is 3.42. The summed E-state index contributed by atoms with van der Waals surface area (Å²) < 4.78 is 0. The lowest BCUT2D eigenvalue weighted by atomic mass is 10.0. The van der Waals surface area contributed by atoms with E-state index in [-0.39, 0.29) is 5.54 Å². The summed E-state index contributed by atoms with van der Waals surface area (Å²) in [6.45, 7) is 7.37.